The molecule has 0 unspecified atom stereocenters. The van der Waals surface area contributed by atoms with E-state index in [0.717, 1.165) is 50.6 Å². The van der Waals surface area contributed by atoms with Crippen LogP contribution in [0.25, 0.3) is 0 Å². The SMILES string of the molecule is CC(C)(C)c1ccc(CCC(=O)N2CCN(Cc3ccc4c(c3)OCO4)CC2)cc1. The maximum absolute atomic E-state index is 12.7. The summed E-state index contributed by atoms with van der Waals surface area (Å²) < 4.78 is 10.8. The molecule has 4 rings (SSSR count). The highest BCUT2D eigenvalue weighted by molar-refractivity contribution is 5.76. The van der Waals surface area contributed by atoms with Crippen molar-refractivity contribution in [1.82, 2.24) is 9.80 Å². The van der Waals surface area contributed by atoms with Gasteiger partial charge in [0.05, 0.1) is 0 Å². The van der Waals surface area contributed by atoms with Crippen molar-refractivity contribution in [3.8, 4) is 11.5 Å². The van der Waals surface area contributed by atoms with Gasteiger partial charge in [-0.05, 0) is 40.7 Å². The molecule has 2 aromatic rings. The molecule has 1 fully saturated rings. The summed E-state index contributed by atoms with van der Waals surface area (Å²) in [6.07, 6.45) is 1.39. The Hall–Kier alpha value is -2.53. The van der Waals surface area contributed by atoms with Crippen LogP contribution in [0.5, 0.6) is 11.5 Å². The Morgan fingerprint density at radius 3 is 2.27 bits per heavy atom. The highest BCUT2D eigenvalue weighted by Gasteiger charge is 2.22. The number of piperazine rings is 1. The summed E-state index contributed by atoms with van der Waals surface area (Å²) in [5, 5.41) is 0. The lowest BCUT2D eigenvalue weighted by Crippen LogP contribution is -2.48. The topological polar surface area (TPSA) is 42.0 Å². The molecule has 0 radical (unpaired) electrons. The molecule has 2 aliphatic heterocycles. The molecule has 2 heterocycles. The number of carbonyl (C=O) groups is 1. The molecular formula is C25H32N2O3. The molecular weight excluding hydrogens is 376 g/mol. The summed E-state index contributed by atoms with van der Waals surface area (Å²) >= 11 is 0. The number of hydrogen-bond acceptors (Lipinski definition) is 4. The van der Waals surface area contributed by atoms with Crippen molar-refractivity contribution in [2.24, 2.45) is 0 Å². The first kappa shape index (κ1) is 20.7. The van der Waals surface area contributed by atoms with Gasteiger partial charge >= 0.3 is 0 Å². The minimum atomic E-state index is 0.161. The Kier molecular flexibility index (Phi) is 6.00. The molecule has 0 bridgehead atoms. The summed E-state index contributed by atoms with van der Waals surface area (Å²) in [5.41, 5.74) is 3.95. The van der Waals surface area contributed by atoms with Crippen LogP contribution in [-0.4, -0.2) is 48.7 Å². The average Bonchev–Trinajstić information content (AvgIpc) is 3.20. The Labute approximate surface area is 179 Å². The van der Waals surface area contributed by atoms with Crippen LogP contribution in [0.15, 0.2) is 42.5 Å². The number of aryl methyl sites for hydroxylation is 1. The van der Waals surface area contributed by atoms with E-state index in [1.165, 1.54) is 16.7 Å². The number of nitrogens with zero attached hydrogens (tertiary/aromatic N) is 2. The molecule has 1 saturated heterocycles. The zero-order valence-electron chi connectivity index (χ0n) is 18.3. The molecule has 0 spiro atoms. The fourth-order valence-corrected chi connectivity index (χ4v) is 4.03. The Morgan fingerprint density at radius 2 is 1.57 bits per heavy atom. The van der Waals surface area contributed by atoms with Crippen LogP contribution in [0.1, 0.15) is 43.9 Å². The van der Waals surface area contributed by atoms with Crippen molar-refractivity contribution in [3.05, 3.63) is 59.2 Å². The van der Waals surface area contributed by atoms with E-state index in [-0.39, 0.29) is 11.3 Å². The third-order valence-corrected chi connectivity index (χ3v) is 6.02. The molecule has 5 heteroatoms. The van der Waals surface area contributed by atoms with Crippen LogP contribution in [-0.2, 0) is 23.2 Å². The molecule has 2 aromatic carbocycles. The smallest absolute Gasteiger partial charge is 0.231 e. The van der Waals surface area contributed by atoms with Crippen molar-refractivity contribution in [2.45, 2.75) is 45.6 Å². The lowest BCUT2D eigenvalue weighted by Gasteiger charge is -2.35. The Balaban J connectivity index is 1.22. The summed E-state index contributed by atoms with van der Waals surface area (Å²) in [6.45, 7) is 11.2. The number of benzene rings is 2. The molecule has 5 nitrogen and oxygen atoms in total. The van der Waals surface area contributed by atoms with Gasteiger partial charge in [0.25, 0.3) is 0 Å². The summed E-state index contributed by atoms with van der Waals surface area (Å²) in [7, 11) is 0. The van der Waals surface area contributed by atoms with Crippen molar-refractivity contribution >= 4 is 5.91 Å². The van der Waals surface area contributed by atoms with Gasteiger partial charge in [-0.25, -0.2) is 0 Å². The van der Waals surface area contributed by atoms with Gasteiger partial charge in [-0.15, -0.1) is 0 Å². The zero-order valence-corrected chi connectivity index (χ0v) is 18.3. The van der Waals surface area contributed by atoms with Gasteiger partial charge in [0.1, 0.15) is 0 Å². The molecule has 1 amide bonds. The molecule has 30 heavy (non-hydrogen) atoms. The number of hydrogen-bond donors (Lipinski definition) is 0. The van der Waals surface area contributed by atoms with Crippen LogP contribution >= 0.6 is 0 Å². The second-order valence-corrected chi connectivity index (χ2v) is 9.29. The first-order valence-corrected chi connectivity index (χ1v) is 10.9. The van der Waals surface area contributed by atoms with Crippen molar-refractivity contribution in [3.63, 3.8) is 0 Å². The van der Waals surface area contributed by atoms with Gasteiger partial charge in [0, 0.05) is 39.1 Å². The number of ether oxygens (including phenoxy) is 2. The predicted octanol–water partition coefficient (Wildman–Crippen LogP) is 3.99. The third-order valence-electron chi connectivity index (χ3n) is 6.02. The summed E-state index contributed by atoms with van der Waals surface area (Å²) in [6, 6.07) is 14.8. The van der Waals surface area contributed by atoms with Crippen LogP contribution in [0.3, 0.4) is 0 Å². The normalized spacial score (nSPS) is 16.7. The fourth-order valence-electron chi connectivity index (χ4n) is 4.03. The van der Waals surface area contributed by atoms with Gasteiger partial charge in [0.2, 0.25) is 12.7 Å². The molecule has 0 N–H and O–H groups in total. The van der Waals surface area contributed by atoms with Gasteiger partial charge in [0.15, 0.2) is 11.5 Å². The van der Waals surface area contributed by atoms with E-state index in [0.29, 0.717) is 13.2 Å². The average molecular weight is 409 g/mol. The fraction of sp³-hybridized carbons (Fsp3) is 0.480. The van der Waals surface area contributed by atoms with Crippen LogP contribution in [0, 0.1) is 0 Å². The van der Waals surface area contributed by atoms with Crippen LogP contribution in [0.4, 0.5) is 0 Å². The largest absolute Gasteiger partial charge is 0.454 e. The van der Waals surface area contributed by atoms with Crippen molar-refractivity contribution < 1.29 is 14.3 Å². The zero-order chi connectivity index (χ0) is 21.1. The monoisotopic (exact) mass is 408 g/mol. The summed E-state index contributed by atoms with van der Waals surface area (Å²) in [5.74, 6) is 1.91. The maximum Gasteiger partial charge on any atom is 0.231 e. The highest BCUT2D eigenvalue weighted by Crippen LogP contribution is 2.32. The van der Waals surface area contributed by atoms with Crippen LogP contribution < -0.4 is 9.47 Å². The van der Waals surface area contributed by atoms with E-state index in [1.807, 2.05) is 11.0 Å². The van der Waals surface area contributed by atoms with Crippen molar-refractivity contribution in [1.29, 1.82) is 0 Å². The number of carbonyl (C=O) groups excluding carboxylic acids is 1. The van der Waals surface area contributed by atoms with Crippen molar-refractivity contribution in [2.75, 3.05) is 33.0 Å². The first-order chi connectivity index (χ1) is 14.4. The number of fused-ring (bicyclic) bond motifs is 1. The molecule has 0 saturated carbocycles. The van der Waals surface area contributed by atoms with Crippen LogP contribution in [0.2, 0.25) is 0 Å². The van der Waals surface area contributed by atoms with Gasteiger partial charge in [-0.3, -0.25) is 9.69 Å². The second kappa shape index (κ2) is 8.68. The van der Waals surface area contributed by atoms with E-state index < -0.39 is 0 Å². The Bertz CT molecular complexity index is 878. The van der Waals surface area contributed by atoms with Gasteiger partial charge in [-0.2, -0.15) is 0 Å². The standard InChI is InChI=1S/C25H32N2O3/c1-25(2,3)21-8-4-19(5-9-21)7-11-24(28)27-14-12-26(13-15-27)17-20-6-10-22-23(16-20)30-18-29-22/h4-6,8-10,16H,7,11-15,17-18H2,1-3H3. The first-order valence-electron chi connectivity index (χ1n) is 10.9. The predicted molar refractivity (Wildman–Crippen MR) is 118 cm³/mol. The van der Waals surface area contributed by atoms with E-state index in [2.05, 4.69) is 62.1 Å². The third kappa shape index (κ3) is 4.96. The molecule has 0 atom stereocenters. The lowest BCUT2D eigenvalue weighted by atomic mass is 9.86. The Morgan fingerprint density at radius 1 is 0.900 bits per heavy atom. The quantitative estimate of drug-likeness (QED) is 0.750. The van der Waals surface area contributed by atoms with E-state index in [4.69, 9.17) is 9.47 Å². The highest BCUT2D eigenvalue weighted by atomic mass is 16.7. The second-order valence-electron chi connectivity index (χ2n) is 9.29. The molecule has 2 aliphatic rings. The minimum absolute atomic E-state index is 0.161. The van der Waals surface area contributed by atoms with E-state index in [9.17, 15) is 4.79 Å². The minimum Gasteiger partial charge on any atom is -0.454 e. The van der Waals surface area contributed by atoms with E-state index in [1.54, 1.807) is 0 Å². The maximum atomic E-state index is 12.7. The lowest BCUT2D eigenvalue weighted by molar-refractivity contribution is -0.133. The van der Waals surface area contributed by atoms with Gasteiger partial charge in [-0.1, -0.05) is 51.1 Å². The number of rotatable bonds is 5. The molecule has 0 aliphatic carbocycles. The molecule has 0 aromatic heterocycles. The number of amides is 1. The van der Waals surface area contributed by atoms with Gasteiger partial charge < -0.3 is 14.4 Å². The summed E-state index contributed by atoms with van der Waals surface area (Å²) in [4.78, 5) is 17.1. The van der Waals surface area contributed by atoms with E-state index >= 15 is 0 Å². The molecule has 160 valence electrons.